The normalized spacial score (nSPS) is 18.3. The van der Waals surface area contributed by atoms with Gasteiger partial charge >= 0.3 is 0 Å². The Kier molecular flexibility index (Phi) is 8.35. The molecule has 0 atom stereocenters. The summed E-state index contributed by atoms with van der Waals surface area (Å²) in [7, 11) is 0. The smallest absolute Gasteiger partial charge is 0.258 e. The highest BCUT2D eigenvalue weighted by molar-refractivity contribution is 6.31. The van der Waals surface area contributed by atoms with E-state index in [0.29, 0.717) is 23.1 Å². The molecule has 0 heterocycles. The molecule has 0 bridgehead atoms. The average Bonchev–Trinajstić information content (AvgIpc) is 2.75. The molecule has 1 aliphatic carbocycles. The molecule has 0 aliphatic heterocycles. The van der Waals surface area contributed by atoms with Crippen molar-refractivity contribution in [3.05, 3.63) is 58.6 Å². The minimum absolute atomic E-state index is 0.0180. The summed E-state index contributed by atoms with van der Waals surface area (Å²) in [4.78, 5) is 24.5. The van der Waals surface area contributed by atoms with Gasteiger partial charge in [0.05, 0.1) is 0 Å². The third-order valence-corrected chi connectivity index (χ3v) is 6.07. The van der Waals surface area contributed by atoms with E-state index in [4.69, 9.17) is 21.1 Å². The summed E-state index contributed by atoms with van der Waals surface area (Å²) in [6, 6.07) is 13.2. The van der Waals surface area contributed by atoms with Gasteiger partial charge in [-0.2, -0.15) is 0 Å². The van der Waals surface area contributed by atoms with Crippen molar-refractivity contribution in [3.8, 4) is 11.5 Å². The van der Waals surface area contributed by atoms with Gasteiger partial charge < -0.3 is 14.8 Å². The second-order valence-electron chi connectivity index (χ2n) is 8.33. The first-order valence-corrected chi connectivity index (χ1v) is 11.2. The van der Waals surface area contributed by atoms with E-state index in [9.17, 15) is 9.59 Å². The van der Waals surface area contributed by atoms with Crippen molar-refractivity contribution in [2.75, 3.05) is 13.2 Å². The Morgan fingerprint density at radius 2 is 1.58 bits per heavy atom. The summed E-state index contributed by atoms with van der Waals surface area (Å²) in [6.07, 6.45) is 4.15. The van der Waals surface area contributed by atoms with Crippen molar-refractivity contribution in [1.29, 1.82) is 0 Å². The quantitative estimate of drug-likeness (QED) is 0.589. The van der Waals surface area contributed by atoms with E-state index in [1.54, 1.807) is 12.1 Å². The molecule has 1 fully saturated rings. The first kappa shape index (κ1) is 23.1. The van der Waals surface area contributed by atoms with Gasteiger partial charge in [-0.1, -0.05) is 29.3 Å². The van der Waals surface area contributed by atoms with Crippen LogP contribution in [0.2, 0.25) is 5.02 Å². The lowest BCUT2D eigenvalue weighted by atomic mass is 9.83. The molecule has 1 N–H and O–H groups in total. The van der Waals surface area contributed by atoms with E-state index in [1.807, 2.05) is 44.2 Å². The SMILES string of the molecule is Cc1ccc(OCC(=O)CC2CCC(NC(=O)COc3ccc(Cl)c(C)c3)CC2)cc1. The molecule has 0 unspecified atom stereocenters. The number of ketones is 1. The van der Waals surface area contributed by atoms with Crippen LogP contribution >= 0.6 is 11.6 Å². The number of halogens is 1. The van der Waals surface area contributed by atoms with Crippen LogP contribution in [0.4, 0.5) is 0 Å². The fourth-order valence-corrected chi connectivity index (χ4v) is 3.93. The number of carbonyl (C=O) groups excluding carboxylic acids is 2. The minimum atomic E-state index is -0.126. The van der Waals surface area contributed by atoms with Gasteiger partial charge in [-0.3, -0.25) is 9.59 Å². The highest BCUT2D eigenvalue weighted by Crippen LogP contribution is 2.27. The summed E-state index contributed by atoms with van der Waals surface area (Å²) in [5.74, 6) is 1.71. The number of carbonyl (C=O) groups is 2. The average molecular weight is 444 g/mol. The molecule has 0 aromatic heterocycles. The molecule has 6 heteroatoms. The molecule has 2 aromatic rings. The first-order valence-electron chi connectivity index (χ1n) is 10.8. The molecular weight excluding hydrogens is 414 g/mol. The molecule has 1 saturated carbocycles. The van der Waals surface area contributed by atoms with E-state index in [-0.39, 0.29) is 30.9 Å². The van der Waals surface area contributed by atoms with E-state index >= 15 is 0 Å². The highest BCUT2D eigenvalue weighted by Gasteiger charge is 2.24. The minimum Gasteiger partial charge on any atom is -0.486 e. The maximum atomic E-state index is 12.3. The lowest BCUT2D eigenvalue weighted by Crippen LogP contribution is -2.40. The van der Waals surface area contributed by atoms with E-state index < -0.39 is 0 Å². The van der Waals surface area contributed by atoms with Crippen LogP contribution in [0.25, 0.3) is 0 Å². The van der Waals surface area contributed by atoms with Crippen LogP contribution in [-0.4, -0.2) is 30.9 Å². The largest absolute Gasteiger partial charge is 0.486 e. The summed E-state index contributed by atoms with van der Waals surface area (Å²) in [5.41, 5.74) is 2.07. The number of ether oxygens (including phenoxy) is 2. The van der Waals surface area contributed by atoms with Gasteiger partial charge in [0, 0.05) is 17.5 Å². The zero-order valence-electron chi connectivity index (χ0n) is 18.2. The number of Topliss-reactive ketones (excluding diaryl/α,β-unsaturated/α-hetero) is 1. The molecule has 1 amide bonds. The van der Waals surface area contributed by atoms with E-state index in [0.717, 1.165) is 42.6 Å². The van der Waals surface area contributed by atoms with E-state index in [2.05, 4.69) is 5.32 Å². The first-order chi connectivity index (χ1) is 14.9. The number of nitrogens with one attached hydrogen (secondary N) is 1. The van der Waals surface area contributed by atoms with Gasteiger partial charge in [-0.05, 0) is 81.3 Å². The Morgan fingerprint density at radius 3 is 2.26 bits per heavy atom. The van der Waals surface area contributed by atoms with Crippen molar-refractivity contribution in [1.82, 2.24) is 5.32 Å². The van der Waals surface area contributed by atoms with Crippen LogP contribution in [0.5, 0.6) is 11.5 Å². The summed E-state index contributed by atoms with van der Waals surface area (Å²) in [6.45, 7) is 4.01. The third-order valence-electron chi connectivity index (χ3n) is 5.65. The van der Waals surface area contributed by atoms with Crippen LogP contribution in [-0.2, 0) is 9.59 Å². The van der Waals surface area contributed by atoms with Crippen molar-refractivity contribution in [3.63, 3.8) is 0 Å². The molecule has 31 heavy (non-hydrogen) atoms. The van der Waals surface area contributed by atoms with Gasteiger partial charge in [-0.25, -0.2) is 0 Å². The Labute approximate surface area is 189 Å². The predicted octanol–water partition coefficient (Wildman–Crippen LogP) is 5.05. The molecule has 2 aromatic carbocycles. The fraction of sp³-hybridized carbons (Fsp3) is 0.440. The van der Waals surface area contributed by atoms with Crippen molar-refractivity contribution in [2.24, 2.45) is 5.92 Å². The zero-order chi connectivity index (χ0) is 22.2. The third kappa shape index (κ3) is 7.59. The number of aryl methyl sites for hydroxylation is 2. The predicted molar refractivity (Wildman–Crippen MR) is 122 cm³/mol. The van der Waals surface area contributed by atoms with Gasteiger partial charge in [0.1, 0.15) is 18.1 Å². The lowest BCUT2D eigenvalue weighted by Gasteiger charge is -2.28. The molecule has 0 radical (unpaired) electrons. The second-order valence-corrected chi connectivity index (χ2v) is 8.74. The Morgan fingerprint density at radius 1 is 0.935 bits per heavy atom. The lowest BCUT2D eigenvalue weighted by molar-refractivity contribution is -0.125. The number of benzene rings is 2. The van der Waals surface area contributed by atoms with Crippen molar-refractivity contribution < 1.29 is 19.1 Å². The molecule has 166 valence electrons. The fourth-order valence-electron chi connectivity index (χ4n) is 3.82. The number of hydrogen-bond acceptors (Lipinski definition) is 4. The Balaban J connectivity index is 1.32. The second kappa shape index (κ2) is 11.2. The summed E-state index contributed by atoms with van der Waals surface area (Å²) >= 11 is 6.00. The Bertz CT molecular complexity index is 889. The van der Waals surface area contributed by atoms with E-state index in [1.165, 1.54) is 0 Å². The van der Waals surface area contributed by atoms with Gasteiger partial charge in [0.2, 0.25) is 0 Å². The maximum Gasteiger partial charge on any atom is 0.258 e. The molecule has 1 aliphatic rings. The summed E-state index contributed by atoms with van der Waals surface area (Å²) < 4.78 is 11.1. The topological polar surface area (TPSA) is 64.6 Å². The van der Waals surface area contributed by atoms with Crippen LogP contribution in [0.1, 0.15) is 43.2 Å². The van der Waals surface area contributed by atoms with Gasteiger partial charge in [0.15, 0.2) is 12.4 Å². The highest BCUT2D eigenvalue weighted by atomic mass is 35.5. The molecule has 0 spiro atoms. The molecular formula is C25H30ClNO4. The van der Waals surface area contributed by atoms with Crippen molar-refractivity contribution in [2.45, 2.75) is 52.0 Å². The number of rotatable bonds is 9. The van der Waals surface area contributed by atoms with Crippen LogP contribution in [0.3, 0.4) is 0 Å². The standard InChI is InChI=1S/C25H30ClNO4/c1-17-3-9-22(10-4-17)30-15-21(28)14-19-5-7-20(8-6-19)27-25(29)16-31-23-11-12-24(26)18(2)13-23/h3-4,9-13,19-20H,5-8,14-16H2,1-2H3,(H,27,29). The monoisotopic (exact) mass is 443 g/mol. The molecule has 5 nitrogen and oxygen atoms in total. The number of hydrogen-bond donors (Lipinski definition) is 1. The molecule has 0 saturated heterocycles. The molecule has 3 rings (SSSR count). The van der Waals surface area contributed by atoms with Crippen molar-refractivity contribution >= 4 is 23.3 Å². The summed E-state index contributed by atoms with van der Waals surface area (Å²) in [5, 5.41) is 3.72. The van der Waals surface area contributed by atoms with Crippen LogP contribution < -0.4 is 14.8 Å². The number of amides is 1. The van der Waals surface area contributed by atoms with Crippen LogP contribution in [0.15, 0.2) is 42.5 Å². The van der Waals surface area contributed by atoms with Gasteiger partial charge in [0.25, 0.3) is 5.91 Å². The maximum absolute atomic E-state index is 12.3. The Hall–Kier alpha value is -2.53. The van der Waals surface area contributed by atoms with Gasteiger partial charge in [-0.15, -0.1) is 0 Å². The zero-order valence-corrected chi connectivity index (χ0v) is 18.9. The van der Waals surface area contributed by atoms with Crippen LogP contribution in [0, 0.1) is 19.8 Å².